The van der Waals surface area contributed by atoms with E-state index >= 15 is 0 Å². The lowest BCUT2D eigenvalue weighted by atomic mass is 9.83. The fourth-order valence-corrected chi connectivity index (χ4v) is 3.72. The highest BCUT2D eigenvalue weighted by atomic mass is 16.6. The van der Waals surface area contributed by atoms with Crippen molar-refractivity contribution < 1.29 is 19.1 Å². The van der Waals surface area contributed by atoms with E-state index in [0.717, 1.165) is 17.7 Å². The molecule has 0 bridgehead atoms. The van der Waals surface area contributed by atoms with Gasteiger partial charge in [0.25, 0.3) is 0 Å². The van der Waals surface area contributed by atoms with Gasteiger partial charge in [-0.15, -0.1) is 0 Å². The van der Waals surface area contributed by atoms with Gasteiger partial charge in [-0.25, -0.2) is 9.59 Å². The molecule has 0 aromatic heterocycles. The van der Waals surface area contributed by atoms with Crippen molar-refractivity contribution >= 4 is 17.7 Å². The van der Waals surface area contributed by atoms with Gasteiger partial charge in [0.15, 0.2) is 0 Å². The summed E-state index contributed by atoms with van der Waals surface area (Å²) in [5.74, 6) is -0.292. The Kier molecular flexibility index (Phi) is 4.62. The second-order valence-electron chi connectivity index (χ2n) is 7.53. The van der Waals surface area contributed by atoms with Crippen LogP contribution in [0.15, 0.2) is 24.3 Å². The van der Waals surface area contributed by atoms with Crippen molar-refractivity contribution in [1.82, 2.24) is 4.90 Å². The molecule has 1 aromatic rings. The summed E-state index contributed by atoms with van der Waals surface area (Å²) in [6.45, 7) is 8.28. The summed E-state index contributed by atoms with van der Waals surface area (Å²) in [5, 5.41) is 3.31. The predicted molar refractivity (Wildman–Crippen MR) is 94.3 cm³/mol. The Bertz CT molecular complexity index is 668. The molecule has 1 saturated heterocycles. The quantitative estimate of drug-likeness (QED) is 0.832. The summed E-state index contributed by atoms with van der Waals surface area (Å²) in [6.07, 6.45) is 0.397. The molecule has 1 N–H and O–H groups in total. The van der Waals surface area contributed by atoms with Crippen LogP contribution in [0.25, 0.3) is 0 Å². The number of likely N-dealkylation sites (tertiary alicyclic amines) is 1. The number of anilines is 1. The molecule has 6 nitrogen and oxygen atoms in total. The Morgan fingerprint density at radius 1 is 1.28 bits per heavy atom. The number of para-hydroxylation sites is 1. The van der Waals surface area contributed by atoms with Crippen LogP contribution in [-0.4, -0.2) is 41.8 Å². The zero-order chi connectivity index (χ0) is 18.2. The molecule has 2 aliphatic heterocycles. The molecular formula is C19H26N2O4. The van der Waals surface area contributed by atoms with Gasteiger partial charge in [-0.05, 0) is 45.7 Å². The zero-order valence-electron chi connectivity index (χ0n) is 15.2. The number of hydrogen-bond acceptors (Lipinski definition) is 5. The minimum atomic E-state index is -0.553. The van der Waals surface area contributed by atoms with E-state index in [0.29, 0.717) is 13.2 Å². The Balaban J connectivity index is 1.93. The van der Waals surface area contributed by atoms with Gasteiger partial charge in [0.1, 0.15) is 11.6 Å². The molecule has 0 unspecified atom stereocenters. The van der Waals surface area contributed by atoms with Crippen molar-refractivity contribution in [2.45, 2.75) is 51.8 Å². The predicted octanol–water partition coefficient (Wildman–Crippen LogP) is 3.34. The van der Waals surface area contributed by atoms with E-state index in [1.54, 1.807) is 11.8 Å². The normalized spacial score (nSPS) is 24.8. The van der Waals surface area contributed by atoms with Crippen molar-refractivity contribution in [2.24, 2.45) is 5.92 Å². The summed E-state index contributed by atoms with van der Waals surface area (Å²) in [4.78, 5) is 26.9. The van der Waals surface area contributed by atoms with E-state index in [1.165, 1.54) is 0 Å². The third-order valence-electron chi connectivity index (χ3n) is 4.63. The number of rotatable bonds is 2. The first kappa shape index (κ1) is 17.6. The highest BCUT2D eigenvalue weighted by molar-refractivity contribution is 5.82. The van der Waals surface area contributed by atoms with Crippen LogP contribution in [0, 0.1) is 5.92 Å². The molecule has 1 fully saturated rings. The van der Waals surface area contributed by atoms with Crippen LogP contribution in [0.1, 0.15) is 45.7 Å². The van der Waals surface area contributed by atoms with E-state index in [-0.39, 0.29) is 24.0 Å². The van der Waals surface area contributed by atoms with Gasteiger partial charge in [0.05, 0.1) is 12.6 Å². The number of nitrogens with zero attached hydrogens (tertiary/aromatic N) is 1. The number of carbonyl (C=O) groups is 2. The molecule has 25 heavy (non-hydrogen) atoms. The summed E-state index contributed by atoms with van der Waals surface area (Å²) >= 11 is 0. The first-order chi connectivity index (χ1) is 11.8. The third-order valence-corrected chi connectivity index (χ3v) is 4.63. The van der Waals surface area contributed by atoms with Gasteiger partial charge in [-0.1, -0.05) is 18.2 Å². The summed E-state index contributed by atoms with van der Waals surface area (Å²) in [6, 6.07) is 7.18. The minimum absolute atomic E-state index is 0.0264. The van der Waals surface area contributed by atoms with Gasteiger partial charge in [-0.3, -0.25) is 0 Å². The molecule has 2 aliphatic rings. The number of ether oxygens (including phenoxy) is 2. The fourth-order valence-electron chi connectivity index (χ4n) is 3.72. The highest BCUT2D eigenvalue weighted by Crippen LogP contribution is 2.46. The van der Waals surface area contributed by atoms with E-state index in [4.69, 9.17) is 9.47 Å². The molecule has 0 spiro atoms. The van der Waals surface area contributed by atoms with E-state index < -0.39 is 11.6 Å². The van der Waals surface area contributed by atoms with Gasteiger partial charge in [0.2, 0.25) is 0 Å². The summed E-state index contributed by atoms with van der Waals surface area (Å²) in [5.41, 5.74) is 1.34. The van der Waals surface area contributed by atoms with Crippen LogP contribution in [0.2, 0.25) is 0 Å². The molecule has 0 radical (unpaired) electrons. The van der Waals surface area contributed by atoms with Gasteiger partial charge in [0, 0.05) is 18.2 Å². The van der Waals surface area contributed by atoms with Crippen molar-refractivity contribution in [3.8, 4) is 0 Å². The number of hydrogen-bond donors (Lipinski definition) is 1. The van der Waals surface area contributed by atoms with Crippen molar-refractivity contribution in [2.75, 3.05) is 18.5 Å². The van der Waals surface area contributed by atoms with Gasteiger partial charge in [-0.2, -0.15) is 0 Å². The second kappa shape index (κ2) is 6.58. The Morgan fingerprint density at radius 3 is 2.68 bits per heavy atom. The maximum absolute atomic E-state index is 12.7. The van der Waals surface area contributed by atoms with Crippen LogP contribution < -0.4 is 5.32 Å². The topological polar surface area (TPSA) is 67.9 Å². The number of esters is 1. The molecular weight excluding hydrogens is 320 g/mol. The smallest absolute Gasteiger partial charge is 0.410 e. The molecule has 136 valence electrons. The largest absolute Gasteiger partial charge is 0.464 e. The lowest BCUT2D eigenvalue weighted by Crippen LogP contribution is -2.46. The van der Waals surface area contributed by atoms with E-state index in [1.807, 2.05) is 45.0 Å². The zero-order valence-corrected chi connectivity index (χ0v) is 15.2. The minimum Gasteiger partial charge on any atom is -0.464 e. The molecule has 1 aromatic carbocycles. The molecule has 3 rings (SSSR count). The third kappa shape index (κ3) is 3.43. The van der Waals surface area contributed by atoms with Gasteiger partial charge < -0.3 is 19.7 Å². The number of carbonyl (C=O) groups excluding carboxylic acids is 2. The Hall–Kier alpha value is -2.24. The first-order valence-corrected chi connectivity index (χ1v) is 8.83. The van der Waals surface area contributed by atoms with Crippen molar-refractivity contribution in [1.29, 1.82) is 0 Å². The standard InChI is InChI=1S/C19H26N2O4/c1-5-24-17(22)15-13-10-11-21(18(23)25-19(2,3)4)16(13)12-8-6-7-9-14(12)20-15/h6-9,13,15-16,20H,5,10-11H2,1-4H3/t13-,15-,16+/m0/s1. The van der Waals surface area contributed by atoms with Crippen LogP contribution in [0.4, 0.5) is 10.5 Å². The maximum atomic E-state index is 12.7. The summed E-state index contributed by atoms with van der Waals surface area (Å²) in [7, 11) is 0. The number of amides is 1. The number of benzene rings is 1. The molecule has 0 saturated carbocycles. The average molecular weight is 346 g/mol. The van der Waals surface area contributed by atoms with Crippen LogP contribution in [0.3, 0.4) is 0 Å². The summed E-state index contributed by atoms with van der Waals surface area (Å²) < 4.78 is 10.8. The lowest BCUT2D eigenvalue weighted by Gasteiger charge is -2.38. The second-order valence-corrected chi connectivity index (χ2v) is 7.53. The molecule has 0 aliphatic carbocycles. The number of fused-ring (bicyclic) bond motifs is 3. The fraction of sp³-hybridized carbons (Fsp3) is 0.579. The van der Waals surface area contributed by atoms with E-state index in [9.17, 15) is 9.59 Å². The lowest BCUT2D eigenvalue weighted by molar-refractivity contribution is -0.145. The first-order valence-electron chi connectivity index (χ1n) is 8.83. The Morgan fingerprint density at radius 2 is 2.00 bits per heavy atom. The van der Waals surface area contributed by atoms with Crippen molar-refractivity contribution in [3.63, 3.8) is 0 Å². The SMILES string of the molecule is CCOC(=O)[C@H]1Nc2ccccc2[C@@H]2[C@H]1CCN2C(=O)OC(C)(C)C. The van der Waals surface area contributed by atoms with Crippen LogP contribution >= 0.6 is 0 Å². The molecule has 3 atom stereocenters. The van der Waals surface area contributed by atoms with Crippen LogP contribution in [0.5, 0.6) is 0 Å². The maximum Gasteiger partial charge on any atom is 0.410 e. The Labute approximate surface area is 148 Å². The van der Waals surface area contributed by atoms with Crippen LogP contribution in [-0.2, 0) is 14.3 Å². The molecule has 6 heteroatoms. The van der Waals surface area contributed by atoms with E-state index in [2.05, 4.69) is 5.32 Å². The van der Waals surface area contributed by atoms with Gasteiger partial charge >= 0.3 is 12.1 Å². The monoisotopic (exact) mass is 346 g/mol. The highest BCUT2D eigenvalue weighted by Gasteiger charge is 2.49. The number of nitrogens with one attached hydrogen (secondary N) is 1. The molecule has 1 amide bonds. The average Bonchev–Trinajstić information content (AvgIpc) is 2.98. The molecule has 2 heterocycles. The van der Waals surface area contributed by atoms with Crippen molar-refractivity contribution in [3.05, 3.63) is 29.8 Å².